The molecule has 0 radical (unpaired) electrons. The average Bonchev–Trinajstić information content (AvgIpc) is 3.04. The highest BCUT2D eigenvalue weighted by molar-refractivity contribution is 5.46. The maximum absolute atomic E-state index is 10.6. The first-order valence-electron chi connectivity index (χ1n) is 15.7. The summed E-state index contributed by atoms with van der Waals surface area (Å²) in [6.07, 6.45) is 0.453. The SMILES string of the molecule is CCC(NCc1ccccc1OCCN(CC)CC)c1ccc(OCC(O)CN2CCN(c3ccccc3)CC2)cc1. The average molecular weight is 575 g/mol. The van der Waals surface area contributed by atoms with E-state index in [1.165, 1.54) is 16.8 Å². The van der Waals surface area contributed by atoms with E-state index >= 15 is 0 Å². The molecule has 1 fully saturated rings. The number of β-amino-alcohol motifs (C(OH)–C–C–N with tert-alkyl or cyclic N) is 1. The van der Waals surface area contributed by atoms with Gasteiger partial charge in [-0.3, -0.25) is 4.90 Å². The van der Waals surface area contributed by atoms with Crippen LogP contribution in [0.1, 0.15) is 44.4 Å². The molecule has 228 valence electrons. The number of benzene rings is 3. The van der Waals surface area contributed by atoms with Crippen molar-refractivity contribution in [1.82, 2.24) is 15.1 Å². The van der Waals surface area contributed by atoms with E-state index < -0.39 is 6.10 Å². The minimum atomic E-state index is -0.521. The molecule has 3 aromatic rings. The van der Waals surface area contributed by atoms with Gasteiger partial charge in [-0.2, -0.15) is 0 Å². The second-order valence-electron chi connectivity index (χ2n) is 11.0. The first-order chi connectivity index (χ1) is 20.6. The topological polar surface area (TPSA) is 60.4 Å². The molecule has 0 aliphatic carbocycles. The maximum atomic E-state index is 10.6. The standard InChI is InChI=1S/C35H50N4O3/c1-4-34(36-26-30-12-10-11-15-35(30)41-25-24-37(5-2)6-3)29-16-18-33(19-17-29)42-28-32(40)27-38-20-22-39(23-21-38)31-13-8-7-9-14-31/h7-19,32,34,36,40H,4-6,20-28H2,1-3H3. The highest BCUT2D eigenvalue weighted by Crippen LogP contribution is 2.23. The van der Waals surface area contributed by atoms with Crippen LogP contribution in [0.15, 0.2) is 78.9 Å². The van der Waals surface area contributed by atoms with Crippen molar-refractivity contribution >= 4 is 5.69 Å². The van der Waals surface area contributed by atoms with Crippen LogP contribution in [0.25, 0.3) is 0 Å². The molecule has 0 spiro atoms. The minimum absolute atomic E-state index is 0.225. The Morgan fingerprint density at radius 2 is 1.52 bits per heavy atom. The smallest absolute Gasteiger partial charge is 0.123 e. The second-order valence-corrected chi connectivity index (χ2v) is 11.0. The van der Waals surface area contributed by atoms with E-state index in [0.717, 1.165) is 70.3 Å². The van der Waals surface area contributed by atoms with Crippen LogP contribution in [0.5, 0.6) is 11.5 Å². The Morgan fingerprint density at radius 3 is 2.21 bits per heavy atom. The minimum Gasteiger partial charge on any atom is -0.492 e. The van der Waals surface area contributed by atoms with Crippen LogP contribution >= 0.6 is 0 Å². The third kappa shape index (κ3) is 9.73. The van der Waals surface area contributed by atoms with E-state index in [-0.39, 0.29) is 6.04 Å². The summed E-state index contributed by atoms with van der Waals surface area (Å²) in [7, 11) is 0. The summed E-state index contributed by atoms with van der Waals surface area (Å²) in [5.74, 6) is 1.74. The number of para-hydroxylation sites is 2. The first kappa shape index (κ1) is 31.8. The summed E-state index contributed by atoms with van der Waals surface area (Å²) in [6.45, 7) is 15.8. The van der Waals surface area contributed by atoms with Gasteiger partial charge in [-0.25, -0.2) is 0 Å². The van der Waals surface area contributed by atoms with Crippen LogP contribution in [-0.2, 0) is 6.54 Å². The third-order valence-electron chi connectivity index (χ3n) is 8.17. The highest BCUT2D eigenvalue weighted by Gasteiger charge is 2.20. The lowest BCUT2D eigenvalue weighted by Crippen LogP contribution is -2.49. The van der Waals surface area contributed by atoms with Gasteiger partial charge < -0.3 is 29.7 Å². The van der Waals surface area contributed by atoms with Crippen molar-refractivity contribution in [1.29, 1.82) is 0 Å². The molecule has 2 unspecified atom stereocenters. The van der Waals surface area contributed by atoms with E-state index in [1.54, 1.807) is 0 Å². The van der Waals surface area contributed by atoms with Crippen LogP contribution in [-0.4, -0.2) is 86.6 Å². The normalized spacial score (nSPS) is 15.5. The number of piperazine rings is 1. The maximum Gasteiger partial charge on any atom is 0.123 e. The van der Waals surface area contributed by atoms with Crippen LogP contribution in [0.4, 0.5) is 5.69 Å². The molecule has 0 amide bonds. The Bertz CT molecular complexity index is 1150. The molecule has 0 saturated carbocycles. The molecular weight excluding hydrogens is 524 g/mol. The lowest BCUT2D eigenvalue weighted by atomic mass is 10.0. The molecule has 1 heterocycles. The Labute approximate surface area is 253 Å². The van der Waals surface area contributed by atoms with Crippen molar-refractivity contribution in [2.75, 3.05) is 70.5 Å². The number of anilines is 1. The van der Waals surface area contributed by atoms with Crippen LogP contribution < -0.4 is 19.7 Å². The van der Waals surface area contributed by atoms with E-state index in [9.17, 15) is 5.11 Å². The summed E-state index contributed by atoms with van der Waals surface area (Å²) < 4.78 is 12.1. The monoisotopic (exact) mass is 574 g/mol. The zero-order chi connectivity index (χ0) is 29.6. The van der Waals surface area contributed by atoms with Crippen LogP contribution in [0.2, 0.25) is 0 Å². The third-order valence-corrected chi connectivity index (χ3v) is 8.17. The van der Waals surface area contributed by atoms with Crippen LogP contribution in [0, 0.1) is 0 Å². The predicted molar refractivity (Wildman–Crippen MR) is 173 cm³/mol. The van der Waals surface area contributed by atoms with Crippen molar-refractivity contribution in [2.45, 2.75) is 45.9 Å². The summed E-state index contributed by atoms with van der Waals surface area (Å²) >= 11 is 0. The van der Waals surface area contributed by atoms with Gasteiger partial charge in [-0.1, -0.05) is 69.3 Å². The lowest BCUT2D eigenvalue weighted by molar-refractivity contribution is 0.0663. The molecule has 1 aliphatic rings. The van der Waals surface area contributed by atoms with Crippen molar-refractivity contribution in [3.05, 3.63) is 90.0 Å². The number of aliphatic hydroxyl groups is 1. The number of rotatable bonds is 17. The van der Waals surface area contributed by atoms with Crippen molar-refractivity contribution < 1.29 is 14.6 Å². The Morgan fingerprint density at radius 1 is 0.833 bits per heavy atom. The summed E-state index contributed by atoms with van der Waals surface area (Å²) in [4.78, 5) is 7.10. The van der Waals surface area contributed by atoms with Gasteiger partial charge in [0.15, 0.2) is 0 Å². The van der Waals surface area contributed by atoms with Gasteiger partial charge in [-0.05, 0) is 55.4 Å². The molecule has 1 saturated heterocycles. The lowest BCUT2D eigenvalue weighted by Gasteiger charge is -2.36. The quantitative estimate of drug-likeness (QED) is 0.230. The van der Waals surface area contributed by atoms with Gasteiger partial charge in [0.05, 0.1) is 0 Å². The number of likely N-dealkylation sites (N-methyl/N-ethyl adjacent to an activating group) is 1. The van der Waals surface area contributed by atoms with Crippen molar-refractivity contribution in [2.24, 2.45) is 0 Å². The molecule has 1 aliphatic heterocycles. The van der Waals surface area contributed by atoms with E-state index in [4.69, 9.17) is 9.47 Å². The summed E-state index contributed by atoms with van der Waals surface area (Å²) in [6, 6.07) is 27.3. The Kier molecular flexibility index (Phi) is 13.0. The number of nitrogens with one attached hydrogen (secondary N) is 1. The van der Waals surface area contributed by atoms with Gasteiger partial charge in [-0.15, -0.1) is 0 Å². The van der Waals surface area contributed by atoms with E-state index in [0.29, 0.717) is 19.8 Å². The zero-order valence-electron chi connectivity index (χ0n) is 25.8. The number of aliphatic hydroxyl groups excluding tert-OH is 1. The molecule has 7 nitrogen and oxygen atoms in total. The largest absolute Gasteiger partial charge is 0.492 e. The molecular formula is C35H50N4O3. The highest BCUT2D eigenvalue weighted by atomic mass is 16.5. The zero-order valence-corrected chi connectivity index (χ0v) is 25.8. The van der Waals surface area contributed by atoms with Gasteiger partial charge in [0.1, 0.15) is 30.8 Å². The number of hydrogen-bond acceptors (Lipinski definition) is 7. The van der Waals surface area contributed by atoms with Gasteiger partial charge in [0.25, 0.3) is 0 Å². The molecule has 3 aromatic carbocycles. The van der Waals surface area contributed by atoms with Gasteiger partial charge >= 0.3 is 0 Å². The van der Waals surface area contributed by atoms with Crippen LogP contribution in [0.3, 0.4) is 0 Å². The summed E-state index contributed by atoms with van der Waals surface area (Å²) in [5.41, 5.74) is 3.66. The fraction of sp³-hybridized carbons (Fsp3) is 0.486. The Balaban J connectivity index is 1.19. The molecule has 2 atom stereocenters. The van der Waals surface area contributed by atoms with Gasteiger partial charge in [0, 0.05) is 63.1 Å². The molecule has 0 bridgehead atoms. The fourth-order valence-corrected chi connectivity index (χ4v) is 5.51. The fourth-order valence-electron chi connectivity index (χ4n) is 5.51. The number of nitrogens with zero attached hydrogens (tertiary/aromatic N) is 3. The molecule has 42 heavy (non-hydrogen) atoms. The van der Waals surface area contributed by atoms with E-state index in [2.05, 4.69) is 101 Å². The molecule has 0 aromatic heterocycles. The second kappa shape index (κ2) is 17.1. The van der Waals surface area contributed by atoms with Gasteiger partial charge in [0.2, 0.25) is 0 Å². The Hall–Kier alpha value is -3.10. The van der Waals surface area contributed by atoms with Crippen molar-refractivity contribution in [3.8, 4) is 11.5 Å². The number of ether oxygens (including phenoxy) is 2. The summed E-state index contributed by atoms with van der Waals surface area (Å²) in [5, 5.41) is 14.3. The first-order valence-corrected chi connectivity index (χ1v) is 15.7. The van der Waals surface area contributed by atoms with Crippen molar-refractivity contribution in [3.63, 3.8) is 0 Å². The predicted octanol–water partition coefficient (Wildman–Crippen LogP) is 5.21. The number of hydrogen-bond donors (Lipinski definition) is 2. The molecule has 2 N–H and O–H groups in total. The molecule has 4 rings (SSSR count). The van der Waals surface area contributed by atoms with E-state index in [1.807, 2.05) is 18.2 Å². The molecule has 7 heteroatoms.